The van der Waals surface area contributed by atoms with Gasteiger partial charge in [-0.25, -0.2) is 4.98 Å². The Morgan fingerprint density at radius 2 is 2.07 bits per heavy atom. The van der Waals surface area contributed by atoms with Crippen LogP contribution in [0.3, 0.4) is 0 Å². The first-order valence-electron chi connectivity index (χ1n) is 9.14. The van der Waals surface area contributed by atoms with Gasteiger partial charge in [0.2, 0.25) is 0 Å². The molecule has 3 heterocycles. The fourth-order valence-electron chi connectivity index (χ4n) is 3.59. The molecule has 0 bridgehead atoms. The lowest BCUT2D eigenvalue weighted by atomic mass is 10.0. The highest BCUT2D eigenvalue weighted by atomic mass is 16.3. The summed E-state index contributed by atoms with van der Waals surface area (Å²) >= 11 is 0. The Bertz CT molecular complexity index is 940. The SMILES string of the molecule is Cn1c(CN2CC[C@@H](NC(=O)c3ccccn3)[C@H](O)C2)nc2ccccc21. The summed E-state index contributed by atoms with van der Waals surface area (Å²) in [5.41, 5.74) is 2.45. The van der Waals surface area contributed by atoms with E-state index in [0.29, 0.717) is 25.2 Å². The summed E-state index contributed by atoms with van der Waals surface area (Å²) in [6, 6.07) is 13.0. The molecule has 0 spiro atoms. The van der Waals surface area contributed by atoms with Crippen molar-refractivity contribution in [2.24, 2.45) is 7.05 Å². The second-order valence-electron chi connectivity index (χ2n) is 6.96. The fraction of sp³-hybridized carbons (Fsp3) is 0.350. The molecule has 7 heteroatoms. The molecule has 7 nitrogen and oxygen atoms in total. The molecule has 1 amide bonds. The van der Waals surface area contributed by atoms with Crippen molar-refractivity contribution in [1.29, 1.82) is 0 Å². The number of hydrogen-bond acceptors (Lipinski definition) is 5. The molecular weight excluding hydrogens is 342 g/mol. The predicted molar refractivity (Wildman–Crippen MR) is 102 cm³/mol. The fourth-order valence-corrected chi connectivity index (χ4v) is 3.59. The van der Waals surface area contributed by atoms with E-state index in [1.807, 2.05) is 25.2 Å². The van der Waals surface area contributed by atoms with Gasteiger partial charge in [0.1, 0.15) is 11.5 Å². The minimum atomic E-state index is -0.624. The number of para-hydroxylation sites is 2. The maximum Gasteiger partial charge on any atom is 0.270 e. The smallest absolute Gasteiger partial charge is 0.270 e. The maximum atomic E-state index is 12.3. The van der Waals surface area contributed by atoms with Gasteiger partial charge in [-0.05, 0) is 30.7 Å². The number of aliphatic hydroxyl groups excluding tert-OH is 1. The number of aromatic nitrogens is 3. The number of fused-ring (bicyclic) bond motifs is 1. The topological polar surface area (TPSA) is 83.3 Å². The zero-order chi connectivity index (χ0) is 18.8. The molecule has 0 saturated carbocycles. The molecule has 1 aromatic carbocycles. The van der Waals surface area contributed by atoms with Gasteiger partial charge in [0.15, 0.2) is 0 Å². The Hall–Kier alpha value is -2.77. The molecule has 1 aliphatic heterocycles. The molecule has 0 radical (unpaired) electrons. The predicted octanol–water partition coefficient (Wildman–Crippen LogP) is 1.33. The number of β-amino-alcohol motifs (C(OH)–C–C–N with tert-alkyl or cyclic N) is 1. The van der Waals surface area contributed by atoms with Gasteiger partial charge in [0, 0.05) is 26.3 Å². The lowest BCUT2D eigenvalue weighted by Gasteiger charge is -2.35. The van der Waals surface area contributed by atoms with E-state index in [0.717, 1.165) is 23.4 Å². The summed E-state index contributed by atoms with van der Waals surface area (Å²) in [6.07, 6.45) is 1.65. The number of pyridine rings is 1. The molecular formula is C20H23N5O2. The molecule has 3 aromatic rings. The minimum absolute atomic E-state index is 0.247. The Kier molecular flexibility index (Phi) is 4.87. The van der Waals surface area contributed by atoms with Gasteiger partial charge < -0.3 is 15.0 Å². The largest absolute Gasteiger partial charge is 0.390 e. The number of aliphatic hydroxyl groups is 1. The lowest BCUT2D eigenvalue weighted by Crippen LogP contribution is -2.54. The van der Waals surface area contributed by atoms with E-state index >= 15 is 0 Å². The van der Waals surface area contributed by atoms with Crippen molar-refractivity contribution in [3.05, 3.63) is 60.2 Å². The van der Waals surface area contributed by atoms with Crippen molar-refractivity contribution >= 4 is 16.9 Å². The van der Waals surface area contributed by atoms with Crippen LogP contribution in [0.5, 0.6) is 0 Å². The Labute approximate surface area is 157 Å². The average Bonchev–Trinajstić information content (AvgIpc) is 3.00. The molecule has 1 saturated heterocycles. The number of aryl methyl sites for hydroxylation is 1. The number of imidazole rings is 1. The number of carbonyl (C=O) groups excluding carboxylic acids is 1. The van der Waals surface area contributed by atoms with Crippen LogP contribution in [0.25, 0.3) is 11.0 Å². The van der Waals surface area contributed by atoms with Crippen LogP contribution in [-0.4, -0.2) is 55.7 Å². The number of amides is 1. The summed E-state index contributed by atoms with van der Waals surface area (Å²) in [6.45, 7) is 1.95. The zero-order valence-electron chi connectivity index (χ0n) is 15.2. The third kappa shape index (κ3) is 3.70. The van der Waals surface area contributed by atoms with Crippen LogP contribution in [0.15, 0.2) is 48.7 Å². The third-order valence-electron chi connectivity index (χ3n) is 5.12. The number of hydrogen-bond donors (Lipinski definition) is 2. The number of likely N-dealkylation sites (tertiary alicyclic amines) is 1. The first kappa shape index (κ1) is 17.6. The minimum Gasteiger partial charge on any atom is -0.390 e. The van der Waals surface area contributed by atoms with Crippen LogP contribution >= 0.6 is 0 Å². The Balaban J connectivity index is 1.38. The molecule has 2 N–H and O–H groups in total. The number of nitrogens with zero attached hydrogens (tertiary/aromatic N) is 4. The van der Waals surface area contributed by atoms with E-state index in [2.05, 4.69) is 25.8 Å². The van der Waals surface area contributed by atoms with Crippen LogP contribution in [0, 0.1) is 0 Å². The van der Waals surface area contributed by atoms with E-state index in [4.69, 9.17) is 4.98 Å². The monoisotopic (exact) mass is 365 g/mol. The van der Waals surface area contributed by atoms with E-state index in [1.54, 1.807) is 24.4 Å². The summed E-state index contributed by atoms with van der Waals surface area (Å²) in [5.74, 6) is 0.725. The number of rotatable bonds is 4. The Morgan fingerprint density at radius 1 is 1.26 bits per heavy atom. The molecule has 4 rings (SSSR count). The number of nitrogens with one attached hydrogen (secondary N) is 1. The molecule has 0 unspecified atom stereocenters. The first-order valence-corrected chi connectivity index (χ1v) is 9.14. The highest BCUT2D eigenvalue weighted by Crippen LogP contribution is 2.18. The second-order valence-corrected chi connectivity index (χ2v) is 6.96. The van der Waals surface area contributed by atoms with Crippen LogP contribution < -0.4 is 5.32 Å². The highest BCUT2D eigenvalue weighted by Gasteiger charge is 2.30. The number of piperidine rings is 1. The van der Waals surface area contributed by atoms with Crippen molar-refractivity contribution in [2.75, 3.05) is 13.1 Å². The molecule has 2 atom stereocenters. The summed E-state index contributed by atoms with van der Waals surface area (Å²) in [7, 11) is 2.01. The van der Waals surface area contributed by atoms with Crippen molar-refractivity contribution in [3.63, 3.8) is 0 Å². The van der Waals surface area contributed by atoms with Gasteiger partial charge >= 0.3 is 0 Å². The lowest BCUT2D eigenvalue weighted by molar-refractivity contribution is 0.0337. The van der Waals surface area contributed by atoms with Crippen molar-refractivity contribution in [3.8, 4) is 0 Å². The second kappa shape index (κ2) is 7.46. The molecule has 140 valence electrons. The van der Waals surface area contributed by atoms with E-state index < -0.39 is 6.10 Å². The standard InChI is InChI=1S/C20H23N5O2/c1-24-17-8-3-2-6-14(17)22-19(24)13-25-11-9-15(18(26)12-25)23-20(27)16-7-4-5-10-21-16/h2-8,10,15,18,26H,9,11-13H2,1H3,(H,23,27)/t15-,18-/m1/s1. The van der Waals surface area contributed by atoms with E-state index in [9.17, 15) is 9.90 Å². The van der Waals surface area contributed by atoms with Gasteiger partial charge in [-0.15, -0.1) is 0 Å². The molecule has 0 aliphatic carbocycles. The number of carbonyl (C=O) groups is 1. The quantitative estimate of drug-likeness (QED) is 0.729. The Morgan fingerprint density at radius 3 is 2.81 bits per heavy atom. The van der Waals surface area contributed by atoms with Crippen molar-refractivity contribution in [2.45, 2.75) is 25.1 Å². The van der Waals surface area contributed by atoms with Crippen LogP contribution in [-0.2, 0) is 13.6 Å². The van der Waals surface area contributed by atoms with Gasteiger partial charge in [-0.2, -0.15) is 0 Å². The van der Waals surface area contributed by atoms with Gasteiger partial charge in [-0.3, -0.25) is 14.7 Å². The zero-order valence-corrected chi connectivity index (χ0v) is 15.2. The summed E-state index contributed by atoms with van der Waals surface area (Å²) in [4.78, 5) is 23.2. The summed E-state index contributed by atoms with van der Waals surface area (Å²) in [5, 5.41) is 13.4. The van der Waals surface area contributed by atoms with E-state index in [-0.39, 0.29) is 11.9 Å². The van der Waals surface area contributed by atoms with Gasteiger partial charge in [0.05, 0.1) is 29.7 Å². The van der Waals surface area contributed by atoms with Crippen molar-refractivity contribution < 1.29 is 9.90 Å². The first-order chi connectivity index (χ1) is 13.1. The normalized spacial score (nSPS) is 20.7. The van der Waals surface area contributed by atoms with E-state index in [1.165, 1.54) is 0 Å². The maximum absolute atomic E-state index is 12.3. The molecule has 27 heavy (non-hydrogen) atoms. The van der Waals surface area contributed by atoms with Crippen molar-refractivity contribution in [1.82, 2.24) is 24.8 Å². The summed E-state index contributed by atoms with van der Waals surface area (Å²) < 4.78 is 2.09. The molecule has 1 fully saturated rings. The molecule has 2 aromatic heterocycles. The third-order valence-corrected chi connectivity index (χ3v) is 5.12. The van der Waals surface area contributed by atoms with Crippen LogP contribution in [0.4, 0.5) is 0 Å². The van der Waals surface area contributed by atoms with Crippen LogP contribution in [0.2, 0.25) is 0 Å². The average molecular weight is 365 g/mol. The van der Waals surface area contributed by atoms with Gasteiger partial charge in [0.25, 0.3) is 5.91 Å². The van der Waals surface area contributed by atoms with Gasteiger partial charge in [-0.1, -0.05) is 18.2 Å². The number of benzene rings is 1. The molecule has 1 aliphatic rings. The van der Waals surface area contributed by atoms with Crippen LogP contribution in [0.1, 0.15) is 22.7 Å². The highest BCUT2D eigenvalue weighted by molar-refractivity contribution is 5.92.